The van der Waals surface area contributed by atoms with E-state index in [9.17, 15) is 4.79 Å². The van der Waals surface area contributed by atoms with Crippen LogP contribution in [-0.4, -0.2) is 16.5 Å². The lowest BCUT2D eigenvalue weighted by Gasteiger charge is -2.59. The fourth-order valence-electron chi connectivity index (χ4n) is 11.4. The molecule has 0 aliphatic heterocycles. The first kappa shape index (κ1) is 40.5. The monoisotopic (exact) mass is 776 g/mol. The van der Waals surface area contributed by atoms with Gasteiger partial charge in [0.15, 0.2) is 0 Å². The molecule has 0 unspecified atom stereocenters. The summed E-state index contributed by atoms with van der Waals surface area (Å²) >= 11 is 2.73. The molecular weight excluding hydrogens is 699 g/mol. The van der Waals surface area contributed by atoms with Gasteiger partial charge in [0.1, 0.15) is 6.10 Å². The molecule has 48 heavy (non-hydrogen) atoms. The van der Waals surface area contributed by atoms with Crippen LogP contribution in [0.1, 0.15) is 195 Å². The van der Waals surface area contributed by atoms with Gasteiger partial charge >= 0.3 is 5.97 Å². The number of unbranched alkanes of at least 4 members (excludes halogenated alkanes) is 11. The highest BCUT2D eigenvalue weighted by Crippen LogP contribution is 2.67. The van der Waals surface area contributed by atoms with Crippen LogP contribution in [0.25, 0.3) is 0 Å². The van der Waals surface area contributed by atoms with Crippen LogP contribution >= 0.6 is 22.6 Å². The molecule has 0 N–H and O–H groups in total. The smallest absolute Gasteiger partial charge is 0.306 e. The van der Waals surface area contributed by atoms with Gasteiger partial charge in [-0.3, -0.25) is 4.79 Å². The molecule has 0 aromatic carbocycles. The molecule has 4 rings (SSSR count). The van der Waals surface area contributed by atoms with Gasteiger partial charge in [0.2, 0.25) is 0 Å². The number of carbonyl (C=O) groups excluding carboxylic acids is 1. The topological polar surface area (TPSA) is 26.3 Å². The minimum Gasteiger partial charge on any atom is -0.462 e. The third-order valence-electron chi connectivity index (χ3n) is 14.2. The van der Waals surface area contributed by atoms with Gasteiger partial charge in [0.05, 0.1) is 0 Å². The molecule has 0 aromatic rings. The van der Waals surface area contributed by atoms with Crippen molar-refractivity contribution in [3.05, 3.63) is 23.8 Å². The number of rotatable bonds is 22. The number of alkyl halides is 1. The zero-order chi connectivity index (χ0) is 34.4. The Balaban J connectivity index is 1.15. The van der Waals surface area contributed by atoms with Gasteiger partial charge in [-0.15, -0.1) is 0 Å². The Morgan fingerprint density at radius 2 is 1.54 bits per heavy atom. The first-order valence-corrected chi connectivity index (χ1v) is 22.9. The predicted octanol–water partition coefficient (Wildman–Crippen LogP) is 14.4. The van der Waals surface area contributed by atoms with Crippen molar-refractivity contribution in [2.75, 3.05) is 4.43 Å². The number of esters is 1. The molecule has 2 nitrogen and oxygen atoms in total. The molecule has 0 spiro atoms. The fraction of sp³-hybridized carbons (Fsp3) is 0.889. The summed E-state index contributed by atoms with van der Waals surface area (Å²) in [7, 11) is 0. The van der Waals surface area contributed by atoms with Crippen LogP contribution in [0.4, 0.5) is 0 Å². The summed E-state index contributed by atoms with van der Waals surface area (Å²) in [6, 6.07) is 0. The highest BCUT2D eigenvalue weighted by atomic mass is 127. The fourth-order valence-corrected chi connectivity index (χ4v) is 12.8. The van der Waals surface area contributed by atoms with Crippen LogP contribution in [0.5, 0.6) is 0 Å². The lowest BCUT2D eigenvalue weighted by Crippen LogP contribution is -2.52. The van der Waals surface area contributed by atoms with E-state index in [2.05, 4.69) is 75.4 Å². The second kappa shape index (κ2) is 20.7. The Kier molecular flexibility index (Phi) is 17.4. The van der Waals surface area contributed by atoms with Crippen molar-refractivity contribution < 1.29 is 9.53 Å². The summed E-state index contributed by atoms with van der Waals surface area (Å²) < 4.78 is 7.41. The van der Waals surface area contributed by atoms with E-state index in [1.807, 2.05) is 0 Å². The van der Waals surface area contributed by atoms with Gasteiger partial charge in [-0.2, -0.15) is 0 Å². The maximum Gasteiger partial charge on any atom is 0.306 e. The molecule has 3 fully saturated rings. The minimum absolute atomic E-state index is 0.0573. The lowest BCUT2D eigenvalue weighted by molar-refractivity contribution is -0.151. The number of allylic oxidation sites excluding steroid dienone is 3. The summed E-state index contributed by atoms with van der Waals surface area (Å²) in [5.41, 5.74) is 2.58. The average molecular weight is 777 g/mol. The first-order chi connectivity index (χ1) is 23.2. The summed E-state index contributed by atoms with van der Waals surface area (Å²) in [6.07, 6.45) is 39.5. The summed E-state index contributed by atoms with van der Waals surface area (Å²) in [5, 5.41) is 0. The molecule has 0 amide bonds. The largest absolute Gasteiger partial charge is 0.462 e. The van der Waals surface area contributed by atoms with E-state index in [-0.39, 0.29) is 12.1 Å². The molecule has 0 radical (unpaired) electrons. The van der Waals surface area contributed by atoms with Crippen molar-refractivity contribution in [3.8, 4) is 0 Å². The molecule has 0 saturated heterocycles. The van der Waals surface area contributed by atoms with Crippen molar-refractivity contribution in [1.29, 1.82) is 0 Å². The normalized spacial score (nSPS) is 32.1. The van der Waals surface area contributed by atoms with Crippen molar-refractivity contribution in [2.24, 2.45) is 46.3 Å². The van der Waals surface area contributed by atoms with Gasteiger partial charge in [-0.1, -0.05) is 152 Å². The van der Waals surface area contributed by atoms with Crippen molar-refractivity contribution in [3.63, 3.8) is 0 Å². The van der Waals surface area contributed by atoms with Gasteiger partial charge < -0.3 is 4.74 Å². The summed E-state index contributed by atoms with van der Waals surface area (Å²) in [5.74, 6) is 5.32. The number of carbonyl (C=O) groups is 1. The Morgan fingerprint density at radius 3 is 2.23 bits per heavy atom. The Morgan fingerprint density at radius 1 is 0.854 bits per heavy atom. The minimum atomic E-state index is 0.0573. The summed E-state index contributed by atoms with van der Waals surface area (Å²) in [6.45, 7) is 12.4. The van der Waals surface area contributed by atoms with E-state index in [0.29, 0.717) is 17.3 Å². The quantitative estimate of drug-likeness (QED) is 0.0360. The maximum atomic E-state index is 12.9. The molecule has 0 bridgehead atoms. The molecular formula is C45H77IO2. The van der Waals surface area contributed by atoms with Crippen molar-refractivity contribution in [1.82, 2.24) is 0 Å². The van der Waals surface area contributed by atoms with Crippen LogP contribution < -0.4 is 0 Å². The van der Waals surface area contributed by atoms with E-state index in [4.69, 9.17) is 4.74 Å². The van der Waals surface area contributed by atoms with E-state index >= 15 is 0 Å². The summed E-state index contributed by atoms with van der Waals surface area (Å²) in [4.78, 5) is 12.9. The molecule has 4 aliphatic carbocycles. The molecule has 3 heteroatoms. The average Bonchev–Trinajstić information content (AvgIpc) is 3.43. The first-order valence-electron chi connectivity index (χ1n) is 21.3. The van der Waals surface area contributed by atoms with Crippen LogP contribution in [0.15, 0.2) is 23.8 Å². The van der Waals surface area contributed by atoms with Gasteiger partial charge in [-0.25, -0.2) is 0 Å². The van der Waals surface area contributed by atoms with E-state index in [1.54, 1.807) is 5.57 Å². The Hall–Kier alpha value is -0.320. The zero-order valence-corrected chi connectivity index (χ0v) is 34.5. The van der Waals surface area contributed by atoms with Gasteiger partial charge in [-0.05, 0) is 118 Å². The third-order valence-corrected chi connectivity index (χ3v) is 15.5. The molecule has 0 heterocycles. The molecule has 3 saturated carbocycles. The Bertz CT molecular complexity index is 999. The predicted molar refractivity (Wildman–Crippen MR) is 216 cm³/mol. The van der Waals surface area contributed by atoms with Crippen LogP contribution in [0, 0.1) is 46.3 Å². The highest BCUT2D eigenvalue weighted by Gasteiger charge is 2.60. The second-order valence-electron chi connectivity index (χ2n) is 17.9. The number of hydrogen-bond donors (Lipinski definition) is 0. The van der Waals surface area contributed by atoms with Crippen LogP contribution in [0.3, 0.4) is 0 Å². The SMILES string of the molecule is CCCCCCCC/C=C\CCCCCCCC(=O)O[C@H]1CC[C@@]2(CI)C(=CC[C@@H]3[C@@H]2CC[C@]2(C)[C@@H]([C@H](C)CCCC(C)C)CC[C@@H]32)C1. The Labute approximate surface area is 312 Å². The number of fused-ring (bicyclic) bond motifs is 5. The molecule has 4 aliphatic rings. The van der Waals surface area contributed by atoms with E-state index < -0.39 is 0 Å². The third kappa shape index (κ3) is 10.8. The van der Waals surface area contributed by atoms with Gasteiger partial charge in [0.25, 0.3) is 0 Å². The second-order valence-corrected chi connectivity index (χ2v) is 18.6. The highest BCUT2D eigenvalue weighted by molar-refractivity contribution is 14.1. The molecule has 8 atom stereocenters. The number of ether oxygens (including phenoxy) is 1. The van der Waals surface area contributed by atoms with Crippen molar-refractivity contribution >= 4 is 28.6 Å². The number of hydrogen-bond acceptors (Lipinski definition) is 2. The molecule has 0 aromatic heterocycles. The number of halogens is 1. The van der Waals surface area contributed by atoms with Crippen LogP contribution in [-0.2, 0) is 9.53 Å². The lowest BCUT2D eigenvalue weighted by atomic mass is 9.47. The van der Waals surface area contributed by atoms with E-state index in [0.717, 1.165) is 61.2 Å². The van der Waals surface area contributed by atoms with Crippen LogP contribution in [0.2, 0.25) is 0 Å². The van der Waals surface area contributed by atoms with Crippen molar-refractivity contribution in [2.45, 2.75) is 201 Å². The standard InChI is InChI=1S/C45H77IO2/c1-6-7-8-9-10-11-12-13-14-15-16-17-18-19-20-24-43(47)48-38-29-32-45(34-46)37(33-38)25-26-39-41-28-27-40(36(4)23-21-22-35(2)3)44(41,5)31-30-42(39)45/h13-14,25,35-36,38-42H,6-12,15-24,26-34H2,1-5H3/b14-13-/t36-,38+,39+,40-,41+,42+,44-,45-/m1/s1. The zero-order valence-electron chi connectivity index (χ0n) is 32.4. The van der Waals surface area contributed by atoms with Gasteiger partial charge in [0, 0.05) is 22.7 Å². The maximum absolute atomic E-state index is 12.9. The molecule has 276 valence electrons. The van der Waals surface area contributed by atoms with E-state index in [1.165, 1.54) is 133 Å².